The molecular weight excluding hydrogens is 302 g/mol. The zero-order valence-corrected chi connectivity index (χ0v) is 11.2. The van der Waals surface area contributed by atoms with Crippen LogP contribution in [0.15, 0.2) is 22.7 Å². The van der Waals surface area contributed by atoms with E-state index in [-0.39, 0.29) is 18.4 Å². The number of hydroxylamine groups is 2. The van der Waals surface area contributed by atoms with E-state index in [4.69, 9.17) is 4.84 Å². The summed E-state index contributed by atoms with van der Waals surface area (Å²) >= 11 is 3.26. The van der Waals surface area contributed by atoms with Crippen LogP contribution in [0.5, 0.6) is 0 Å². The van der Waals surface area contributed by atoms with Gasteiger partial charge in [-0.2, -0.15) is 0 Å². The molecule has 1 aliphatic rings. The summed E-state index contributed by atoms with van der Waals surface area (Å²) in [6.45, 7) is 1.83. The minimum atomic E-state index is -0.719. The third kappa shape index (κ3) is 2.59. The predicted octanol–water partition coefficient (Wildman–Crippen LogP) is 1.98. The fourth-order valence-electron chi connectivity index (χ4n) is 1.65. The molecule has 6 heteroatoms. The largest absolute Gasteiger partial charge is 0.363 e. The van der Waals surface area contributed by atoms with Crippen molar-refractivity contribution in [2.75, 3.05) is 0 Å². The van der Waals surface area contributed by atoms with Gasteiger partial charge in [0.15, 0.2) is 0 Å². The van der Waals surface area contributed by atoms with Gasteiger partial charge < -0.3 is 4.84 Å². The number of hydrogen-bond acceptors (Lipinski definition) is 4. The topological polar surface area (TPSA) is 63.7 Å². The lowest BCUT2D eigenvalue weighted by molar-refractivity contribution is -0.172. The Balaban J connectivity index is 2.17. The van der Waals surface area contributed by atoms with Crippen molar-refractivity contribution in [3.8, 4) is 0 Å². The molecule has 0 aliphatic carbocycles. The number of benzene rings is 1. The second-order valence-corrected chi connectivity index (χ2v) is 4.89. The molecule has 0 N–H and O–H groups in total. The molecule has 1 saturated heterocycles. The highest BCUT2D eigenvalue weighted by Crippen LogP contribution is 2.18. The van der Waals surface area contributed by atoms with Crippen molar-refractivity contribution in [3.05, 3.63) is 33.8 Å². The molecule has 5 nitrogen and oxygen atoms in total. The van der Waals surface area contributed by atoms with E-state index in [2.05, 4.69) is 15.9 Å². The Morgan fingerprint density at radius 1 is 1.22 bits per heavy atom. The summed E-state index contributed by atoms with van der Waals surface area (Å²) in [5.41, 5.74) is 1.16. The highest BCUT2D eigenvalue weighted by molar-refractivity contribution is 9.10. The van der Waals surface area contributed by atoms with Gasteiger partial charge in [0, 0.05) is 17.3 Å². The molecular formula is C12H10BrNO4. The van der Waals surface area contributed by atoms with Crippen LogP contribution >= 0.6 is 15.9 Å². The molecule has 0 aromatic heterocycles. The van der Waals surface area contributed by atoms with E-state index in [1.165, 1.54) is 0 Å². The van der Waals surface area contributed by atoms with E-state index in [0.717, 1.165) is 10.0 Å². The number of imide groups is 1. The average Bonchev–Trinajstić information content (AvgIpc) is 2.59. The normalized spacial score (nSPS) is 15.1. The minimum Gasteiger partial charge on any atom is -0.325 e. The van der Waals surface area contributed by atoms with Crippen molar-refractivity contribution >= 4 is 33.7 Å². The van der Waals surface area contributed by atoms with Gasteiger partial charge in [-0.25, -0.2) is 4.79 Å². The van der Waals surface area contributed by atoms with E-state index in [1.54, 1.807) is 12.1 Å². The summed E-state index contributed by atoms with van der Waals surface area (Å²) in [7, 11) is 0. The molecule has 1 aromatic carbocycles. The fourth-order valence-corrected chi connectivity index (χ4v) is 2.26. The van der Waals surface area contributed by atoms with Crippen molar-refractivity contribution in [1.29, 1.82) is 0 Å². The van der Waals surface area contributed by atoms with Crippen molar-refractivity contribution in [2.24, 2.45) is 0 Å². The molecule has 1 heterocycles. The Morgan fingerprint density at radius 2 is 1.83 bits per heavy atom. The lowest BCUT2D eigenvalue weighted by atomic mass is 10.1. The van der Waals surface area contributed by atoms with Gasteiger partial charge in [-0.15, -0.1) is 5.06 Å². The summed E-state index contributed by atoms with van der Waals surface area (Å²) < 4.78 is 0.730. The first kappa shape index (κ1) is 12.8. The van der Waals surface area contributed by atoms with Crippen LogP contribution < -0.4 is 0 Å². The molecule has 1 aliphatic heterocycles. The number of hydrogen-bond donors (Lipinski definition) is 0. The van der Waals surface area contributed by atoms with E-state index in [1.807, 2.05) is 13.0 Å². The van der Waals surface area contributed by atoms with E-state index in [9.17, 15) is 14.4 Å². The molecule has 2 rings (SSSR count). The van der Waals surface area contributed by atoms with Gasteiger partial charge >= 0.3 is 5.97 Å². The summed E-state index contributed by atoms with van der Waals surface area (Å²) in [4.78, 5) is 39.2. The zero-order valence-electron chi connectivity index (χ0n) is 9.60. The SMILES string of the molecule is Cc1cc(Br)cc(C(=O)ON2C(=O)CCC2=O)c1. The maximum Gasteiger partial charge on any atom is 0.363 e. The van der Waals surface area contributed by atoms with Crippen LogP contribution in [0.4, 0.5) is 0 Å². The van der Waals surface area contributed by atoms with Crippen LogP contribution in [0.25, 0.3) is 0 Å². The molecule has 1 aromatic rings. The minimum absolute atomic E-state index is 0.0869. The van der Waals surface area contributed by atoms with Crippen LogP contribution in [0, 0.1) is 6.92 Å². The second-order valence-electron chi connectivity index (χ2n) is 3.98. The van der Waals surface area contributed by atoms with Gasteiger partial charge in [0.25, 0.3) is 11.8 Å². The van der Waals surface area contributed by atoms with Crippen molar-refractivity contribution in [2.45, 2.75) is 19.8 Å². The molecule has 0 spiro atoms. The van der Waals surface area contributed by atoms with Crippen LogP contribution in [-0.4, -0.2) is 22.8 Å². The molecule has 18 heavy (non-hydrogen) atoms. The van der Waals surface area contributed by atoms with Crippen LogP contribution in [0.1, 0.15) is 28.8 Å². The molecule has 94 valence electrons. The first-order valence-electron chi connectivity index (χ1n) is 5.32. The monoisotopic (exact) mass is 311 g/mol. The van der Waals surface area contributed by atoms with Crippen molar-refractivity contribution in [1.82, 2.24) is 5.06 Å². The quantitative estimate of drug-likeness (QED) is 0.783. The summed E-state index contributed by atoms with van der Waals surface area (Å²) in [5.74, 6) is -1.69. The van der Waals surface area contributed by atoms with E-state index >= 15 is 0 Å². The van der Waals surface area contributed by atoms with Crippen LogP contribution in [0.2, 0.25) is 0 Å². The first-order valence-corrected chi connectivity index (χ1v) is 6.12. The molecule has 0 bridgehead atoms. The Morgan fingerprint density at radius 3 is 2.39 bits per heavy atom. The van der Waals surface area contributed by atoms with Gasteiger partial charge in [0.05, 0.1) is 5.56 Å². The van der Waals surface area contributed by atoms with E-state index in [0.29, 0.717) is 5.06 Å². The lowest BCUT2D eigenvalue weighted by Crippen LogP contribution is -2.32. The number of rotatable bonds is 2. The Bertz CT molecular complexity index is 505. The third-order valence-corrected chi connectivity index (χ3v) is 2.92. The third-order valence-electron chi connectivity index (χ3n) is 2.46. The Labute approximate surface area is 112 Å². The fraction of sp³-hybridized carbons (Fsp3) is 0.250. The number of nitrogens with zero attached hydrogens (tertiary/aromatic N) is 1. The highest BCUT2D eigenvalue weighted by atomic mass is 79.9. The molecule has 0 atom stereocenters. The van der Waals surface area contributed by atoms with Crippen molar-refractivity contribution < 1.29 is 19.2 Å². The van der Waals surface area contributed by atoms with Gasteiger partial charge in [0.2, 0.25) is 0 Å². The maximum absolute atomic E-state index is 11.8. The number of carbonyl (C=O) groups is 3. The molecule has 0 radical (unpaired) electrons. The Kier molecular flexibility index (Phi) is 3.47. The molecule has 0 saturated carbocycles. The van der Waals surface area contributed by atoms with Gasteiger partial charge in [0.1, 0.15) is 0 Å². The summed E-state index contributed by atoms with van der Waals surface area (Å²) in [6.07, 6.45) is 0.174. The number of carbonyl (C=O) groups excluding carboxylic acids is 3. The Hall–Kier alpha value is -1.69. The maximum atomic E-state index is 11.8. The van der Waals surface area contributed by atoms with Crippen molar-refractivity contribution in [3.63, 3.8) is 0 Å². The number of aryl methyl sites for hydroxylation is 1. The van der Waals surface area contributed by atoms with Gasteiger partial charge in [-0.05, 0) is 30.7 Å². The van der Waals surface area contributed by atoms with E-state index < -0.39 is 17.8 Å². The van der Waals surface area contributed by atoms with Crippen LogP contribution in [0.3, 0.4) is 0 Å². The highest BCUT2D eigenvalue weighted by Gasteiger charge is 2.33. The van der Waals surface area contributed by atoms with Crippen LogP contribution in [-0.2, 0) is 14.4 Å². The number of halogens is 1. The standard InChI is InChI=1S/C12H10BrNO4/c1-7-4-8(6-9(13)5-7)12(17)18-14-10(15)2-3-11(14)16/h4-6H,2-3H2,1H3. The van der Waals surface area contributed by atoms with Gasteiger partial charge in [-0.3, -0.25) is 9.59 Å². The molecule has 2 amide bonds. The molecule has 0 unspecified atom stereocenters. The smallest absolute Gasteiger partial charge is 0.325 e. The second kappa shape index (κ2) is 4.89. The average molecular weight is 312 g/mol. The summed E-state index contributed by atoms with van der Waals surface area (Å²) in [5, 5.41) is 0.540. The van der Waals surface area contributed by atoms with Gasteiger partial charge in [-0.1, -0.05) is 15.9 Å². The zero-order chi connectivity index (χ0) is 13.3. The number of amides is 2. The lowest BCUT2D eigenvalue weighted by Gasteiger charge is -2.12. The first-order chi connectivity index (χ1) is 8.47. The molecule has 1 fully saturated rings. The summed E-state index contributed by atoms with van der Waals surface area (Å²) in [6, 6.07) is 5.03. The predicted molar refractivity (Wildman–Crippen MR) is 65.4 cm³/mol.